The number of nitriles is 1. The number of nitrogens with zero attached hydrogens (tertiary/aromatic N) is 4. The predicted octanol–water partition coefficient (Wildman–Crippen LogP) is 4.24. The summed E-state index contributed by atoms with van der Waals surface area (Å²) in [5, 5.41) is 10.1. The Morgan fingerprint density at radius 2 is 1.88 bits per heavy atom. The number of rotatable bonds is 6. The van der Waals surface area contributed by atoms with Crippen molar-refractivity contribution in [3.05, 3.63) is 76.5 Å². The molecule has 1 aliphatic heterocycles. The number of para-hydroxylation sites is 1. The van der Waals surface area contributed by atoms with E-state index >= 15 is 0 Å². The molecule has 33 heavy (non-hydrogen) atoms. The molecule has 1 aliphatic rings. The van der Waals surface area contributed by atoms with Crippen molar-refractivity contribution < 1.29 is 18.3 Å². The van der Waals surface area contributed by atoms with Gasteiger partial charge in [0.25, 0.3) is 5.91 Å². The number of carbonyl (C=O) groups excluding carboxylic acids is 1. The first-order chi connectivity index (χ1) is 16.0. The number of aromatic nitrogens is 1. The van der Waals surface area contributed by atoms with Gasteiger partial charge in [-0.1, -0.05) is 35.9 Å². The monoisotopic (exact) mass is 466 g/mol. The maximum Gasteiger partial charge on any atom is 0.260 e. The van der Waals surface area contributed by atoms with Crippen molar-refractivity contribution in [1.29, 1.82) is 5.26 Å². The molecular formula is C24H20ClFN4O3. The Morgan fingerprint density at radius 3 is 2.58 bits per heavy atom. The molecule has 1 fully saturated rings. The van der Waals surface area contributed by atoms with Crippen molar-refractivity contribution >= 4 is 35.5 Å². The molecule has 2 heterocycles. The van der Waals surface area contributed by atoms with E-state index in [9.17, 15) is 14.4 Å². The molecule has 9 heteroatoms. The summed E-state index contributed by atoms with van der Waals surface area (Å²) in [7, 11) is 0. The van der Waals surface area contributed by atoms with Crippen molar-refractivity contribution in [3.63, 3.8) is 0 Å². The Bertz CT molecular complexity index is 1200. The number of hydrogen-bond donors (Lipinski definition) is 0. The summed E-state index contributed by atoms with van der Waals surface area (Å²) in [6, 6.07) is 15.3. The first-order valence-corrected chi connectivity index (χ1v) is 10.7. The number of hydrogen-bond acceptors (Lipinski definition) is 6. The van der Waals surface area contributed by atoms with Crippen LogP contribution in [0.25, 0.3) is 12.2 Å². The smallest absolute Gasteiger partial charge is 0.260 e. The van der Waals surface area contributed by atoms with E-state index in [-0.39, 0.29) is 24.0 Å². The highest BCUT2D eigenvalue weighted by molar-refractivity contribution is 6.30. The van der Waals surface area contributed by atoms with Crippen molar-refractivity contribution in [2.24, 2.45) is 0 Å². The zero-order valence-electron chi connectivity index (χ0n) is 17.6. The van der Waals surface area contributed by atoms with Gasteiger partial charge in [0.05, 0.1) is 0 Å². The quantitative estimate of drug-likeness (QED) is 0.540. The molecule has 0 bridgehead atoms. The second kappa shape index (κ2) is 10.2. The van der Waals surface area contributed by atoms with Crippen LogP contribution in [0.3, 0.4) is 0 Å². The molecule has 0 unspecified atom stereocenters. The van der Waals surface area contributed by atoms with Crippen molar-refractivity contribution in [2.45, 2.75) is 0 Å². The maximum absolute atomic E-state index is 13.7. The number of ether oxygens (including phenoxy) is 1. The number of benzene rings is 2. The maximum atomic E-state index is 13.7. The first kappa shape index (κ1) is 22.4. The second-order valence-electron chi connectivity index (χ2n) is 7.29. The minimum Gasteiger partial charge on any atom is -0.481 e. The second-order valence-corrected chi connectivity index (χ2v) is 7.73. The Balaban J connectivity index is 1.35. The van der Waals surface area contributed by atoms with Gasteiger partial charge in [-0.15, -0.1) is 0 Å². The van der Waals surface area contributed by atoms with Crippen LogP contribution >= 0.6 is 11.6 Å². The van der Waals surface area contributed by atoms with Gasteiger partial charge in [-0.3, -0.25) is 4.79 Å². The minimum absolute atomic E-state index is 0.0454. The molecule has 2 aromatic carbocycles. The lowest BCUT2D eigenvalue weighted by Gasteiger charge is -2.34. The van der Waals surface area contributed by atoms with Crippen molar-refractivity contribution in [2.75, 3.05) is 37.7 Å². The number of oxazole rings is 1. The number of halogens is 2. The molecule has 168 valence electrons. The lowest BCUT2D eigenvalue weighted by molar-refractivity contribution is -0.133. The van der Waals surface area contributed by atoms with Crippen LogP contribution in [0.5, 0.6) is 5.75 Å². The molecular weight excluding hydrogens is 447 g/mol. The summed E-state index contributed by atoms with van der Waals surface area (Å²) in [6.45, 7) is 1.53. The van der Waals surface area contributed by atoms with Crippen LogP contribution in [0.2, 0.25) is 5.02 Å². The molecule has 0 atom stereocenters. The Kier molecular flexibility index (Phi) is 6.91. The van der Waals surface area contributed by atoms with E-state index in [0.717, 1.165) is 5.56 Å². The fraction of sp³-hybridized carbons (Fsp3) is 0.208. The van der Waals surface area contributed by atoms with Gasteiger partial charge >= 0.3 is 0 Å². The van der Waals surface area contributed by atoms with Gasteiger partial charge in [-0.2, -0.15) is 10.2 Å². The van der Waals surface area contributed by atoms with Crippen LogP contribution in [0.15, 0.2) is 52.9 Å². The molecule has 0 aliphatic carbocycles. The SMILES string of the molecule is N#Cc1nc(C=Cc2ccc(Cl)cc2)oc1N1CCN(C(=O)COc2ccccc2F)CC1. The van der Waals surface area contributed by atoms with E-state index in [0.29, 0.717) is 43.0 Å². The molecule has 7 nitrogen and oxygen atoms in total. The van der Waals surface area contributed by atoms with E-state index < -0.39 is 5.82 Å². The highest BCUT2D eigenvalue weighted by Gasteiger charge is 2.26. The van der Waals surface area contributed by atoms with Gasteiger partial charge in [0.1, 0.15) is 6.07 Å². The van der Waals surface area contributed by atoms with Gasteiger partial charge in [-0.05, 0) is 35.9 Å². The summed E-state index contributed by atoms with van der Waals surface area (Å²) in [5.74, 6) is -0.00629. The normalized spacial score (nSPS) is 13.8. The lowest BCUT2D eigenvalue weighted by Crippen LogP contribution is -2.50. The van der Waals surface area contributed by atoms with E-state index in [4.69, 9.17) is 20.8 Å². The molecule has 1 aromatic heterocycles. The van der Waals surface area contributed by atoms with Gasteiger partial charge in [0.2, 0.25) is 17.5 Å². The number of piperazine rings is 1. The van der Waals surface area contributed by atoms with Crippen molar-refractivity contribution in [1.82, 2.24) is 9.88 Å². The summed E-state index contributed by atoms with van der Waals surface area (Å²) >= 11 is 5.90. The van der Waals surface area contributed by atoms with E-state index in [1.54, 1.807) is 35.2 Å². The molecule has 0 saturated carbocycles. The van der Waals surface area contributed by atoms with Crippen LogP contribution in [0.1, 0.15) is 17.1 Å². The Morgan fingerprint density at radius 1 is 1.15 bits per heavy atom. The van der Waals surface area contributed by atoms with Gasteiger partial charge < -0.3 is 19.0 Å². The summed E-state index contributed by atoms with van der Waals surface area (Å²) in [6.07, 6.45) is 3.51. The van der Waals surface area contributed by atoms with Gasteiger partial charge in [-0.25, -0.2) is 4.39 Å². The molecule has 1 amide bonds. The van der Waals surface area contributed by atoms with E-state index in [1.807, 2.05) is 23.1 Å². The molecule has 0 radical (unpaired) electrons. The molecule has 3 aromatic rings. The minimum atomic E-state index is -0.509. The average Bonchev–Trinajstić information content (AvgIpc) is 3.26. The van der Waals surface area contributed by atoms with Crippen LogP contribution in [0, 0.1) is 17.1 Å². The third kappa shape index (κ3) is 5.51. The highest BCUT2D eigenvalue weighted by Crippen LogP contribution is 2.24. The number of anilines is 1. The number of amides is 1. The highest BCUT2D eigenvalue weighted by atomic mass is 35.5. The van der Waals surface area contributed by atoms with Crippen LogP contribution in [-0.4, -0.2) is 48.6 Å². The molecule has 4 rings (SSSR count). The third-order valence-corrected chi connectivity index (χ3v) is 5.38. The van der Waals surface area contributed by atoms with Crippen LogP contribution in [-0.2, 0) is 4.79 Å². The van der Waals surface area contributed by atoms with Gasteiger partial charge in [0, 0.05) is 37.3 Å². The van der Waals surface area contributed by atoms with Crippen LogP contribution < -0.4 is 9.64 Å². The zero-order chi connectivity index (χ0) is 23.2. The molecule has 0 N–H and O–H groups in total. The summed E-state index contributed by atoms with van der Waals surface area (Å²) < 4.78 is 24.8. The number of carbonyl (C=O) groups is 1. The Labute approximate surface area is 195 Å². The topological polar surface area (TPSA) is 82.6 Å². The van der Waals surface area contributed by atoms with E-state index in [1.165, 1.54) is 12.1 Å². The predicted molar refractivity (Wildman–Crippen MR) is 122 cm³/mol. The van der Waals surface area contributed by atoms with Crippen LogP contribution in [0.4, 0.5) is 10.3 Å². The summed E-state index contributed by atoms with van der Waals surface area (Å²) in [5.41, 5.74) is 1.11. The third-order valence-electron chi connectivity index (χ3n) is 5.13. The average molecular weight is 467 g/mol. The Hall–Kier alpha value is -3.83. The van der Waals surface area contributed by atoms with E-state index in [2.05, 4.69) is 11.1 Å². The molecule has 0 spiro atoms. The lowest BCUT2D eigenvalue weighted by atomic mass is 10.2. The standard InChI is InChI=1S/C24H20ClFN4O3/c25-18-8-5-17(6-9-18)7-10-22-28-20(15-27)24(33-22)30-13-11-29(12-14-30)23(31)16-32-21-4-2-1-3-19(21)26/h1-10H,11-14,16H2. The fourth-order valence-corrected chi connectivity index (χ4v) is 3.51. The van der Waals surface area contributed by atoms with Crippen molar-refractivity contribution in [3.8, 4) is 11.8 Å². The molecule has 1 saturated heterocycles. The first-order valence-electron chi connectivity index (χ1n) is 10.3. The largest absolute Gasteiger partial charge is 0.481 e. The fourth-order valence-electron chi connectivity index (χ4n) is 3.38. The summed E-state index contributed by atoms with van der Waals surface area (Å²) in [4.78, 5) is 20.2. The van der Waals surface area contributed by atoms with Gasteiger partial charge in [0.15, 0.2) is 18.2 Å². The zero-order valence-corrected chi connectivity index (χ0v) is 18.3.